The number of carbonyl (C=O) groups excluding carboxylic acids is 3. The third kappa shape index (κ3) is 7.18. The second-order valence-corrected chi connectivity index (χ2v) is 6.80. The quantitative estimate of drug-likeness (QED) is 0.353. The number of nitrogens with one attached hydrogen (secondary N) is 2. The molecule has 0 aliphatic carbocycles. The van der Waals surface area contributed by atoms with Gasteiger partial charge in [0.2, 0.25) is 11.8 Å². The maximum atomic E-state index is 13.1. The molecule has 9 nitrogen and oxygen atoms in total. The van der Waals surface area contributed by atoms with Gasteiger partial charge in [-0.25, -0.2) is 9.18 Å². The van der Waals surface area contributed by atoms with E-state index in [1.54, 1.807) is 0 Å². The second-order valence-electron chi connectivity index (χ2n) is 6.80. The predicted molar refractivity (Wildman–Crippen MR) is 108 cm³/mol. The van der Waals surface area contributed by atoms with E-state index in [0.29, 0.717) is 11.1 Å². The van der Waals surface area contributed by atoms with Crippen molar-refractivity contribution in [3.63, 3.8) is 0 Å². The molecule has 0 aliphatic rings. The maximum absolute atomic E-state index is 13.1. The van der Waals surface area contributed by atoms with Crippen molar-refractivity contribution in [2.45, 2.75) is 31.8 Å². The number of benzene rings is 2. The van der Waals surface area contributed by atoms with Gasteiger partial charge in [-0.15, -0.1) is 0 Å². The molecule has 2 amide bonds. The van der Waals surface area contributed by atoms with E-state index in [4.69, 9.17) is 4.74 Å². The molecular formula is C21H22FN3O6. The summed E-state index contributed by atoms with van der Waals surface area (Å²) in [7, 11) is 1.17. The Morgan fingerprint density at radius 2 is 1.48 bits per heavy atom. The number of ether oxygens (including phenoxy) is 1. The highest BCUT2D eigenvalue weighted by atomic mass is 19.1. The zero-order chi connectivity index (χ0) is 23.0. The van der Waals surface area contributed by atoms with Crippen LogP contribution in [0.2, 0.25) is 0 Å². The molecule has 0 bridgehead atoms. The van der Waals surface area contributed by atoms with Gasteiger partial charge in [-0.3, -0.25) is 19.7 Å². The van der Waals surface area contributed by atoms with Gasteiger partial charge in [-0.2, -0.15) is 0 Å². The Labute approximate surface area is 177 Å². The van der Waals surface area contributed by atoms with Crippen LogP contribution in [0.4, 0.5) is 10.1 Å². The standard InChI is InChI=1S/C21H22FN3O6/c1-13(26)23-18(11-14-3-7-16(22)8-4-14)20(27)24-19(21(28)31-2)12-15-5-9-17(10-6-15)25(29)30/h3-10,18-19H,11-12H2,1-2H3,(H,23,26)(H,24,27)/t18-,19+/m1/s1. The van der Waals surface area contributed by atoms with Crippen molar-refractivity contribution >= 4 is 23.5 Å². The van der Waals surface area contributed by atoms with E-state index in [9.17, 15) is 28.9 Å². The molecule has 0 radical (unpaired) electrons. The number of amides is 2. The molecule has 0 saturated carbocycles. The minimum atomic E-state index is -1.08. The van der Waals surface area contributed by atoms with Crippen LogP contribution in [0, 0.1) is 15.9 Å². The number of carbonyl (C=O) groups is 3. The van der Waals surface area contributed by atoms with Gasteiger partial charge in [0.25, 0.3) is 5.69 Å². The van der Waals surface area contributed by atoms with Gasteiger partial charge >= 0.3 is 5.97 Å². The number of nitrogens with zero attached hydrogens (tertiary/aromatic N) is 1. The van der Waals surface area contributed by atoms with Crippen LogP contribution in [0.3, 0.4) is 0 Å². The summed E-state index contributed by atoms with van der Waals surface area (Å²) in [4.78, 5) is 46.8. The average molecular weight is 431 g/mol. The van der Waals surface area contributed by atoms with Crippen molar-refractivity contribution in [1.82, 2.24) is 10.6 Å². The van der Waals surface area contributed by atoms with Crippen LogP contribution in [-0.2, 0) is 32.0 Å². The first-order chi connectivity index (χ1) is 14.7. The first-order valence-corrected chi connectivity index (χ1v) is 9.32. The van der Waals surface area contributed by atoms with Gasteiger partial charge in [0.15, 0.2) is 0 Å². The maximum Gasteiger partial charge on any atom is 0.328 e. The third-order valence-corrected chi connectivity index (χ3v) is 4.44. The monoisotopic (exact) mass is 431 g/mol. The predicted octanol–water partition coefficient (Wildman–Crippen LogP) is 1.68. The van der Waals surface area contributed by atoms with Crippen LogP contribution < -0.4 is 10.6 Å². The van der Waals surface area contributed by atoms with Crippen LogP contribution in [0.15, 0.2) is 48.5 Å². The molecule has 0 heterocycles. The summed E-state index contributed by atoms with van der Waals surface area (Å²) in [5.74, 6) is -2.22. The fraction of sp³-hybridized carbons (Fsp3) is 0.286. The number of non-ortho nitro benzene ring substituents is 1. The van der Waals surface area contributed by atoms with Gasteiger partial charge in [-0.05, 0) is 23.3 Å². The first-order valence-electron chi connectivity index (χ1n) is 9.32. The number of rotatable bonds is 9. The Morgan fingerprint density at radius 1 is 0.968 bits per heavy atom. The molecule has 0 unspecified atom stereocenters. The minimum absolute atomic E-state index is 0.0275. The number of hydrogen-bond acceptors (Lipinski definition) is 6. The van der Waals surface area contributed by atoms with E-state index in [-0.39, 0.29) is 18.5 Å². The summed E-state index contributed by atoms with van der Waals surface area (Å²) < 4.78 is 17.9. The average Bonchev–Trinajstić information content (AvgIpc) is 2.73. The fourth-order valence-electron chi connectivity index (χ4n) is 2.91. The Hall–Kier alpha value is -3.82. The van der Waals surface area contributed by atoms with Gasteiger partial charge in [0, 0.05) is 31.9 Å². The summed E-state index contributed by atoms with van der Waals surface area (Å²) in [6.45, 7) is 1.25. The van der Waals surface area contributed by atoms with E-state index in [1.807, 2.05) is 0 Å². The van der Waals surface area contributed by atoms with Crippen LogP contribution in [0.25, 0.3) is 0 Å². The van der Waals surface area contributed by atoms with E-state index in [2.05, 4.69) is 10.6 Å². The second kappa shape index (κ2) is 10.8. The van der Waals surface area contributed by atoms with Crippen LogP contribution in [0.1, 0.15) is 18.1 Å². The molecule has 0 saturated heterocycles. The Balaban J connectivity index is 2.16. The number of halogens is 1. The highest BCUT2D eigenvalue weighted by Crippen LogP contribution is 2.14. The topological polar surface area (TPSA) is 128 Å². The van der Waals surface area contributed by atoms with Gasteiger partial charge in [0.05, 0.1) is 12.0 Å². The van der Waals surface area contributed by atoms with Crippen molar-refractivity contribution in [3.8, 4) is 0 Å². The molecule has 2 N–H and O–H groups in total. The lowest BCUT2D eigenvalue weighted by molar-refractivity contribution is -0.384. The molecule has 2 atom stereocenters. The highest BCUT2D eigenvalue weighted by molar-refractivity contribution is 5.90. The lowest BCUT2D eigenvalue weighted by Gasteiger charge is -2.22. The number of esters is 1. The van der Waals surface area contributed by atoms with E-state index < -0.39 is 40.6 Å². The molecule has 2 rings (SSSR count). The van der Waals surface area contributed by atoms with Gasteiger partial charge < -0.3 is 15.4 Å². The summed E-state index contributed by atoms with van der Waals surface area (Å²) in [6, 6.07) is 8.91. The summed E-state index contributed by atoms with van der Waals surface area (Å²) in [5, 5.41) is 15.9. The lowest BCUT2D eigenvalue weighted by atomic mass is 10.0. The molecular weight excluding hydrogens is 409 g/mol. The van der Waals surface area contributed by atoms with E-state index in [0.717, 1.165) is 0 Å². The zero-order valence-electron chi connectivity index (χ0n) is 17.0. The van der Waals surface area contributed by atoms with Gasteiger partial charge in [0.1, 0.15) is 17.9 Å². The van der Waals surface area contributed by atoms with Crippen molar-refractivity contribution in [2.24, 2.45) is 0 Å². The smallest absolute Gasteiger partial charge is 0.328 e. The third-order valence-electron chi connectivity index (χ3n) is 4.44. The lowest BCUT2D eigenvalue weighted by Crippen LogP contribution is -2.53. The van der Waals surface area contributed by atoms with Gasteiger partial charge in [-0.1, -0.05) is 24.3 Å². The Morgan fingerprint density at radius 3 is 1.97 bits per heavy atom. The fourth-order valence-corrected chi connectivity index (χ4v) is 2.91. The molecule has 2 aromatic carbocycles. The molecule has 164 valence electrons. The van der Waals surface area contributed by atoms with Crippen LogP contribution >= 0.6 is 0 Å². The Bertz CT molecular complexity index is 947. The van der Waals surface area contributed by atoms with Crippen LogP contribution in [-0.4, -0.2) is 41.9 Å². The number of methoxy groups -OCH3 is 1. The molecule has 0 aliphatic heterocycles. The van der Waals surface area contributed by atoms with E-state index in [1.165, 1.54) is 62.6 Å². The molecule has 31 heavy (non-hydrogen) atoms. The number of nitro groups is 1. The summed E-state index contributed by atoms with van der Waals surface area (Å²) in [5.41, 5.74) is 1.07. The van der Waals surface area contributed by atoms with E-state index >= 15 is 0 Å². The van der Waals surface area contributed by atoms with Crippen LogP contribution in [0.5, 0.6) is 0 Å². The highest BCUT2D eigenvalue weighted by Gasteiger charge is 2.27. The molecule has 0 spiro atoms. The normalized spacial score (nSPS) is 12.4. The molecule has 2 aromatic rings. The Kier molecular flexibility index (Phi) is 8.18. The van der Waals surface area contributed by atoms with Crippen molar-refractivity contribution in [1.29, 1.82) is 0 Å². The van der Waals surface area contributed by atoms with Crippen molar-refractivity contribution in [3.05, 3.63) is 75.6 Å². The van der Waals surface area contributed by atoms with Crippen molar-refractivity contribution < 1.29 is 28.4 Å². The van der Waals surface area contributed by atoms with Crippen molar-refractivity contribution in [2.75, 3.05) is 7.11 Å². The number of nitro benzene ring substituents is 1. The SMILES string of the molecule is COC(=O)[C@H](Cc1ccc([N+](=O)[O-])cc1)NC(=O)[C@@H](Cc1ccc(F)cc1)NC(C)=O. The zero-order valence-corrected chi connectivity index (χ0v) is 17.0. The summed E-state index contributed by atoms with van der Waals surface area (Å²) in [6.07, 6.45) is 0.108. The molecule has 0 aromatic heterocycles. The molecule has 10 heteroatoms. The number of hydrogen-bond donors (Lipinski definition) is 2. The molecule has 0 fully saturated rings. The summed E-state index contributed by atoms with van der Waals surface area (Å²) >= 11 is 0. The largest absolute Gasteiger partial charge is 0.467 e. The minimum Gasteiger partial charge on any atom is -0.467 e. The first kappa shape index (κ1) is 23.5.